The molecule has 0 amide bonds. The first kappa shape index (κ1) is 14.1. The number of rotatable bonds is 3. The van der Waals surface area contributed by atoms with E-state index in [9.17, 15) is 9.59 Å². The van der Waals surface area contributed by atoms with Crippen molar-refractivity contribution in [1.29, 1.82) is 0 Å². The van der Waals surface area contributed by atoms with Gasteiger partial charge in [-0.05, 0) is 30.3 Å². The molecule has 0 saturated heterocycles. The summed E-state index contributed by atoms with van der Waals surface area (Å²) in [4.78, 5) is 27.4. The highest BCUT2D eigenvalue weighted by Gasteiger charge is 2.32. The van der Waals surface area contributed by atoms with E-state index in [1.807, 2.05) is 0 Å². The van der Waals surface area contributed by atoms with Gasteiger partial charge in [0.1, 0.15) is 0 Å². The standard InChI is InChI=1S/C16H13NO5/c1-16(2)21-11-6-5-9(8-12(11)22-16)14(18)10-4-3-7-17-13(10)15(19)20/h3-8H,1-2H3,(H,19,20). The molecule has 0 fully saturated rings. The molecule has 0 aliphatic carbocycles. The minimum atomic E-state index is -1.24. The molecular formula is C16H13NO5. The summed E-state index contributed by atoms with van der Waals surface area (Å²) in [5, 5.41) is 9.13. The highest BCUT2D eigenvalue weighted by atomic mass is 16.7. The van der Waals surface area contributed by atoms with Crippen molar-refractivity contribution in [2.45, 2.75) is 19.6 Å². The van der Waals surface area contributed by atoms with Crippen molar-refractivity contribution in [3.05, 3.63) is 53.3 Å². The van der Waals surface area contributed by atoms with Crippen molar-refractivity contribution in [2.75, 3.05) is 0 Å². The Morgan fingerprint density at radius 1 is 1.14 bits per heavy atom. The maximum Gasteiger partial charge on any atom is 0.355 e. The van der Waals surface area contributed by atoms with Gasteiger partial charge in [-0.2, -0.15) is 0 Å². The number of aromatic carboxylic acids is 1. The normalized spacial score (nSPS) is 14.6. The summed E-state index contributed by atoms with van der Waals surface area (Å²) in [5.74, 6) is -1.46. The molecule has 1 aliphatic rings. The average molecular weight is 299 g/mol. The second kappa shape index (κ2) is 4.84. The molecule has 3 rings (SSSR count). The molecule has 1 N–H and O–H groups in total. The summed E-state index contributed by atoms with van der Waals surface area (Å²) in [5.41, 5.74) is 0.0779. The molecule has 0 unspecified atom stereocenters. The molecule has 2 aromatic rings. The Morgan fingerprint density at radius 2 is 1.86 bits per heavy atom. The Hall–Kier alpha value is -2.89. The molecule has 22 heavy (non-hydrogen) atoms. The predicted molar refractivity (Wildman–Crippen MR) is 76.4 cm³/mol. The first-order valence-corrected chi connectivity index (χ1v) is 6.62. The highest BCUT2D eigenvalue weighted by molar-refractivity contribution is 6.13. The van der Waals surface area contributed by atoms with Crippen molar-refractivity contribution in [3.63, 3.8) is 0 Å². The van der Waals surface area contributed by atoms with Crippen molar-refractivity contribution in [3.8, 4) is 11.5 Å². The molecule has 6 heteroatoms. The van der Waals surface area contributed by atoms with Gasteiger partial charge in [-0.3, -0.25) is 4.79 Å². The molecule has 1 aromatic heterocycles. The average Bonchev–Trinajstić information content (AvgIpc) is 2.79. The molecule has 1 aromatic carbocycles. The summed E-state index contributed by atoms with van der Waals surface area (Å²) in [6.07, 6.45) is 1.34. The van der Waals surface area contributed by atoms with Gasteiger partial charge in [-0.1, -0.05) is 0 Å². The lowest BCUT2D eigenvalue weighted by Gasteiger charge is -2.16. The Bertz CT molecular complexity index is 782. The van der Waals surface area contributed by atoms with Crippen LogP contribution in [0.2, 0.25) is 0 Å². The van der Waals surface area contributed by atoms with Crippen LogP contribution in [0.25, 0.3) is 0 Å². The van der Waals surface area contributed by atoms with Crippen molar-refractivity contribution in [1.82, 2.24) is 4.98 Å². The molecule has 112 valence electrons. The van der Waals surface area contributed by atoms with Gasteiger partial charge in [0.15, 0.2) is 23.0 Å². The van der Waals surface area contributed by atoms with Crippen LogP contribution in [0.5, 0.6) is 11.5 Å². The van der Waals surface area contributed by atoms with Crippen LogP contribution in [-0.2, 0) is 0 Å². The summed E-state index contributed by atoms with van der Waals surface area (Å²) in [6.45, 7) is 3.52. The molecule has 0 spiro atoms. The van der Waals surface area contributed by atoms with Crippen LogP contribution in [0.3, 0.4) is 0 Å². The summed E-state index contributed by atoms with van der Waals surface area (Å²) in [6, 6.07) is 7.72. The fourth-order valence-electron chi connectivity index (χ4n) is 2.28. The molecule has 0 bridgehead atoms. The van der Waals surface area contributed by atoms with Crippen molar-refractivity contribution in [2.24, 2.45) is 0 Å². The minimum absolute atomic E-state index is 0.0353. The second-order valence-corrected chi connectivity index (χ2v) is 5.30. The summed E-state index contributed by atoms with van der Waals surface area (Å²) in [7, 11) is 0. The second-order valence-electron chi connectivity index (χ2n) is 5.30. The van der Waals surface area contributed by atoms with Crippen LogP contribution in [0.1, 0.15) is 40.3 Å². The van der Waals surface area contributed by atoms with E-state index in [0.29, 0.717) is 17.1 Å². The smallest absolute Gasteiger partial charge is 0.355 e. The Kier molecular flexibility index (Phi) is 3.09. The van der Waals surface area contributed by atoms with Crippen LogP contribution in [0, 0.1) is 0 Å². The Morgan fingerprint density at radius 3 is 2.59 bits per heavy atom. The first-order valence-electron chi connectivity index (χ1n) is 6.62. The van der Waals surface area contributed by atoms with Crippen molar-refractivity contribution >= 4 is 11.8 Å². The molecule has 6 nitrogen and oxygen atoms in total. The van der Waals surface area contributed by atoms with Gasteiger partial charge in [0.05, 0.1) is 5.56 Å². The van der Waals surface area contributed by atoms with E-state index in [-0.39, 0.29) is 11.3 Å². The van der Waals surface area contributed by atoms with E-state index in [4.69, 9.17) is 14.6 Å². The van der Waals surface area contributed by atoms with Crippen LogP contribution in [0.4, 0.5) is 0 Å². The lowest BCUT2D eigenvalue weighted by molar-refractivity contribution is -0.0431. The zero-order chi connectivity index (χ0) is 15.9. The number of nitrogens with zero attached hydrogens (tertiary/aromatic N) is 1. The van der Waals surface area contributed by atoms with Crippen LogP contribution in [0.15, 0.2) is 36.5 Å². The van der Waals surface area contributed by atoms with Crippen LogP contribution < -0.4 is 9.47 Å². The third-order valence-corrected chi connectivity index (χ3v) is 3.17. The largest absolute Gasteiger partial charge is 0.476 e. The topological polar surface area (TPSA) is 85.7 Å². The number of carbonyl (C=O) groups is 2. The lowest BCUT2D eigenvalue weighted by Crippen LogP contribution is -2.29. The van der Waals surface area contributed by atoms with E-state index < -0.39 is 17.5 Å². The van der Waals surface area contributed by atoms with Crippen molar-refractivity contribution < 1.29 is 24.2 Å². The number of hydrogen-bond acceptors (Lipinski definition) is 5. The Labute approximate surface area is 126 Å². The SMILES string of the molecule is CC1(C)Oc2ccc(C(=O)c3cccnc3C(=O)O)cc2O1. The monoisotopic (exact) mass is 299 g/mol. The number of carboxylic acid groups (broad SMARTS) is 1. The lowest BCUT2D eigenvalue weighted by atomic mass is 10.0. The number of carbonyl (C=O) groups excluding carboxylic acids is 1. The Balaban J connectivity index is 2.00. The number of fused-ring (bicyclic) bond motifs is 1. The number of aromatic nitrogens is 1. The van der Waals surface area contributed by atoms with Crippen LogP contribution in [-0.4, -0.2) is 27.6 Å². The number of ether oxygens (including phenoxy) is 2. The third-order valence-electron chi connectivity index (χ3n) is 3.17. The summed E-state index contributed by atoms with van der Waals surface area (Å²) < 4.78 is 11.1. The highest BCUT2D eigenvalue weighted by Crippen LogP contribution is 2.39. The summed E-state index contributed by atoms with van der Waals surface area (Å²) >= 11 is 0. The minimum Gasteiger partial charge on any atom is -0.476 e. The number of pyridine rings is 1. The molecule has 0 radical (unpaired) electrons. The zero-order valence-corrected chi connectivity index (χ0v) is 12.0. The van der Waals surface area contributed by atoms with Crippen LogP contribution >= 0.6 is 0 Å². The maximum atomic E-state index is 12.5. The fourth-order valence-corrected chi connectivity index (χ4v) is 2.28. The first-order chi connectivity index (χ1) is 10.4. The van der Waals surface area contributed by atoms with Gasteiger partial charge in [0.2, 0.25) is 5.79 Å². The number of ketones is 1. The molecule has 0 saturated carbocycles. The van der Waals surface area contributed by atoms with Gasteiger partial charge in [-0.25, -0.2) is 9.78 Å². The number of benzene rings is 1. The fraction of sp³-hybridized carbons (Fsp3) is 0.188. The zero-order valence-electron chi connectivity index (χ0n) is 12.0. The quantitative estimate of drug-likeness (QED) is 0.876. The maximum absolute atomic E-state index is 12.5. The van der Waals surface area contributed by atoms with E-state index in [1.54, 1.807) is 32.0 Å². The van der Waals surface area contributed by atoms with Gasteiger partial charge in [0.25, 0.3) is 0 Å². The molecule has 0 atom stereocenters. The van der Waals surface area contributed by atoms with Gasteiger partial charge >= 0.3 is 5.97 Å². The third kappa shape index (κ3) is 2.39. The van der Waals surface area contributed by atoms with Gasteiger partial charge < -0.3 is 14.6 Å². The molecular weight excluding hydrogens is 286 g/mol. The predicted octanol–water partition coefficient (Wildman–Crippen LogP) is 2.52. The van der Waals surface area contributed by atoms with Gasteiger partial charge in [0, 0.05) is 25.6 Å². The van der Waals surface area contributed by atoms with E-state index in [1.165, 1.54) is 18.3 Å². The van der Waals surface area contributed by atoms with E-state index >= 15 is 0 Å². The van der Waals surface area contributed by atoms with E-state index in [0.717, 1.165) is 0 Å². The number of hydrogen-bond donors (Lipinski definition) is 1. The number of carboxylic acids is 1. The van der Waals surface area contributed by atoms with Gasteiger partial charge in [-0.15, -0.1) is 0 Å². The van der Waals surface area contributed by atoms with E-state index in [2.05, 4.69) is 4.98 Å². The molecule has 2 heterocycles. The molecule has 1 aliphatic heterocycles.